The van der Waals surface area contributed by atoms with Gasteiger partial charge in [-0.15, -0.1) is 0 Å². The van der Waals surface area contributed by atoms with Gasteiger partial charge in [0, 0.05) is 12.7 Å². The Kier molecular flexibility index (Phi) is 17.2. The third-order valence-corrected chi connectivity index (χ3v) is 7.68. The van der Waals surface area contributed by atoms with Gasteiger partial charge in [0.05, 0.1) is 24.3 Å². The van der Waals surface area contributed by atoms with E-state index in [1.807, 2.05) is 31.2 Å². The molecule has 0 heterocycles. The Morgan fingerprint density at radius 3 is 1.90 bits per heavy atom. The highest BCUT2D eigenvalue weighted by Gasteiger charge is 2.23. The lowest BCUT2D eigenvalue weighted by Gasteiger charge is -2.13. The van der Waals surface area contributed by atoms with Gasteiger partial charge in [-0.3, -0.25) is 0 Å². The second-order valence-corrected chi connectivity index (χ2v) is 11.6. The highest BCUT2D eigenvalue weighted by atomic mass is 19.1. The largest absolute Gasteiger partial charge is 0.494 e. The standard InChI is InChI=1S/C39H49FO8/c1-4-6-8-9-10-11-12-13-25-45-33-20-18-31(19-21-33)30-14-16-32(17-15-30)38(42)48-34-22-23-35(36(40)28-34)39(43)47-29(3)37(41)46-27-26-44-24-7-5-2/h14-23,28-29H,4-13,24-27H2,1-3H3/t29-/m0/s1. The monoisotopic (exact) mass is 664 g/mol. The molecule has 0 amide bonds. The molecule has 0 aliphatic carbocycles. The molecule has 0 saturated heterocycles. The number of benzene rings is 3. The van der Waals surface area contributed by atoms with Gasteiger partial charge in [0.15, 0.2) is 6.10 Å². The number of unbranched alkanes of at least 4 members (excludes halogenated alkanes) is 8. The number of hydrogen-bond acceptors (Lipinski definition) is 8. The zero-order valence-corrected chi connectivity index (χ0v) is 28.5. The van der Waals surface area contributed by atoms with Gasteiger partial charge >= 0.3 is 17.9 Å². The van der Waals surface area contributed by atoms with Crippen molar-refractivity contribution in [2.45, 2.75) is 91.1 Å². The van der Waals surface area contributed by atoms with Gasteiger partial charge in [0.1, 0.15) is 23.9 Å². The molecule has 0 spiro atoms. The molecule has 0 aliphatic heterocycles. The van der Waals surface area contributed by atoms with Crippen LogP contribution >= 0.6 is 0 Å². The van der Waals surface area contributed by atoms with Gasteiger partial charge in [-0.05, 0) is 67.3 Å². The smallest absolute Gasteiger partial charge is 0.347 e. The lowest BCUT2D eigenvalue weighted by atomic mass is 10.0. The van der Waals surface area contributed by atoms with Crippen LogP contribution in [-0.2, 0) is 19.0 Å². The molecule has 0 N–H and O–H groups in total. The van der Waals surface area contributed by atoms with E-state index in [-0.39, 0.29) is 24.5 Å². The van der Waals surface area contributed by atoms with E-state index >= 15 is 0 Å². The summed E-state index contributed by atoms with van der Waals surface area (Å²) in [6.07, 6.45) is 10.7. The maximum absolute atomic E-state index is 14.8. The summed E-state index contributed by atoms with van der Waals surface area (Å²) in [5, 5.41) is 0. The molecule has 1 atom stereocenters. The summed E-state index contributed by atoms with van der Waals surface area (Å²) in [6, 6.07) is 18.0. The molecule has 3 aromatic rings. The van der Waals surface area contributed by atoms with Gasteiger partial charge in [-0.25, -0.2) is 18.8 Å². The average Bonchev–Trinajstić information content (AvgIpc) is 3.09. The number of rotatable bonds is 22. The van der Waals surface area contributed by atoms with Crippen LogP contribution in [0.3, 0.4) is 0 Å². The van der Waals surface area contributed by atoms with Crippen LogP contribution < -0.4 is 9.47 Å². The van der Waals surface area contributed by atoms with Crippen LogP contribution in [0.25, 0.3) is 11.1 Å². The number of carbonyl (C=O) groups excluding carboxylic acids is 3. The van der Waals surface area contributed by atoms with E-state index in [1.165, 1.54) is 57.9 Å². The zero-order valence-electron chi connectivity index (χ0n) is 28.5. The molecule has 8 nitrogen and oxygen atoms in total. The van der Waals surface area contributed by atoms with E-state index in [1.54, 1.807) is 24.3 Å². The van der Waals surface area contributed by atoms with Gasteiger partial charge in [0.2, 0.25) is 0 Å². The summed E-state index contributed by atoms with van der Waals surface area (Å²) in [6.45, 7) is 7.13. The molecule has 0 saturated carbocycles. The third-order valence-electron chi connectivity index (χ3n) is 7.68. The first-order valence-corrected chi connectivity index (χ1v) is 17.1. The predicted molar refractivity (Wildman–Crippen MR) is 183 cm³/mol. The maximum Gasteiger partial charge on any atom is 0.347 e. The van der Waals surface area contributed by atoms with E-state index in [0.29, 0.717) is 13.2 Å². The number of halogens is 1. The van der Waals surface area contributed by atoms with Crippen molar-refractivity contribution in [1.82, 2.24) is 0 Å². The fraction of sp³-hybridized carbons (Fsp3) is 0.462. The van der Waals surface area contributed by atoms with Gasteiger partial charge in [0.25, 0.3) is 0 Å². The zero-order chi connectivity index (χ0) is 34.6. The minimum atomic E-state index is -1.25. The molecule has 0 aromatic heterocycles. The summed E-state index contributed by atoms with van der Waals surface area (Å²) in [5.74, 6) is -2.73. The van der Waals surface area contributed by atoms with Crippen LogP contribution in [0.2, 0.25) is 0 Å². The summed E-state index contributed by atoms with van der Waals surface area (Å²) >= 11 is 0. The fourth-order valence-electron chi connectivity index (χ4n) is 4.80. The van der Waals surface area contributed by atoms with Crippen molar-refractivity contribution in [2.24, 2.45) is 0 Å². The predicted octanol–water partition coefficient (Wildman–Crippen LogP) is 9.14. The Bertz CT molecular complexity index is 1400. The van der Waals surface area contributed by atoms with Crippen LogP contribution in [0.1, 0.15) is 106 Å². The second-order valence-electron chi connectivity index (χ2n) is 11.6. The first-order chi connectivity index (χ1) is 23.3. The third kappa shape index (κ3) is 13.5. The molecule has 0 bridgehead atoms. The Labute approximate surface area is 283 Å². The van der Waals surface area contributed by atoms with E-state index in [4.69, 9.17) is 23.7 Å². The quantitative estimate of drug-likeness (QED) is 0.0596. The molecule has 0 fully saturated rings. The maximum atomic E-state index is 14.8. The van der Waals surface area contributed by atoms with E-state index in [0.717, 1.165) is 48.3 Å². The minimum Gasteiger partial charge on any atom is -0.494 e. The molecule has 3 rings (SSSR count). The van der Waals surface area contributed by atoms with Crippen molar-refractivity contribution in [1.29, 1.82) is 0 Å². The molecule has 0 aliphatic rings. The van der Waals surface area contributed by atoms with Crippen LogP contribution in [0.5, 0.6) is 11.5 Å². The van der Waals surface area contributed by atoms with Crippen molar-refractivity contribution in [3.05, 3.63) is 83.7 Å². The second kappa shape index (κ2) is 21.6. The van der Waals surface area contributed by atoms with Gasteiger partial charge in [-0.1, -0.05) is 89.5 Å². The molecule has 3 aromatic carbocycles. The normalized spacial score (nSPS) is 11.5. The van der Waals surface area contributed by atoms with Gasteiger partial charge < -0.3 is 23.7 Å². The van der Waals surface area contributed by atoms with Crippen LogP contribution in [0.15, 0.2) is 66.7 Å². The highest BCUT2D eigenvalue weighted by Crippen LogP contribution is 2.24. The number of hydrogen-bond donors (Lipinski definition) is 0. The average molecular weight is 665 g/mol. The lowest BCUT2D eigenvalue weighted by molar-refractivity contribution is -0.154. The van der Waals surface area contributed by atoms with Crippen molar-refractivity contribution >= 4 is 17.9 Å². The van der Waals surface area contributed by atoms with Crippen molar-refractivity contribution in [3.8, 4) is 22.6 Å². The molecule has 48 heavy (non-hydrogen) atoms. The van der Waals surface area contributed by atoms with Crippen LogP contribution in [0, 0.1) is 5.82 Å². The van der Waals surface area contributed by atoms with Crippen molar-refractivity contribution < 1.29 is 42.5 Å². The molecular weight excluding hydrogens is 615 g/mol. The molecule has 9 heteroatoms. The fourth-order valence-corrected chi connectivity index (χ4v) is 4.80. The van der Waals surface area contributed by atoms with E-state index in [9.17, 15) is 18.8 Å². The Hall–Kier alpha value is -4.24. The molecule has 0 unspecified atom stereocenters. The minimum absolute atomic E-state index is 0.0175. The summed E-state index contributed by atoms with van der Waals surface area (Å²) in [7, 11) is 0. The first-order valence-electron chi connectivity index (χ1n) is 17.1. The Balaban J connectivity index is 1.43. The van der Waals surface area contributed by atoms with Gasteiger partial charge in [-0.2, -0.15) is 0 Å². The molecule has 260 valence electrons. The summed E-state index contributed by atoms with van der Waals surface area (Å²) in [4.78, 5) is 37.3. The van der Waals surface area contributed by atoms with E-state index < -0.39 is 35.4 Å². The van der Waals surface area contributed by atoms with Crippen LogP contribution in [-0.4, -0.2) is 50.4 Å². The summed E-state index contributed by atoms with van der Waals surface area (Å²) in [5.41, 5.74) is 1.74. The number of esters is 3. The Morgan fingerprint density at radius 1 is 0.646 bits per heavy atom. The Morgan fingerprint density at radius 2 is 1.25 bits per heavy atom. The highest BCUT2D eigenvalue weighted by molar-refractivity contribution is 5.93. The van der Waals surface area contributed by atoms with E-state index in [2.05, 4.69) is 6.92 Å². The summed E-state index contributed by atoms with van der Waals surface area (Å²) < 4.78 is 41.4. The van der Waals surface area contributed by atoms with Crippen molar-refractivity contribution in [2.75, 3.05) is 26.4 Å². The SMILES string of the molecule is CCCCCCCCCCOc1ccc(-c2ccc(C(=O)Oc3ccc(C(=O)O[C@@H](C)C(=O)OCCOCCCC)c(F)c3)cc2)cc1. The van der Waals surface area contributed by atoms with Crippen molar-refractivity contribution in [3.63, 3.8) is 0 Å². The topological polar surface area (TPSA) is 97.4 Å². The number of ether oxygens (including phenoxy) is 5. The lowest BCUT2D eigenvalue weighted by Crippen LogP contribution is -2.27. The first kappa shape index (κ1) is 38.2. The van der Waals surface area contributed by atoms with Crippen LogP contribution in [0.4, 0.5) is 4.39 Å². The number of carbonyl (C=O) groups is 3. The molecular formula is C39H49FO8. The molecule has 0 radical (unpaired) electrons.